The van der Waals surface area contributed by atoms with E-state index in [0.717, 1.165) is 29.0 Å². The number of ketones is 1. The summed E-state index contributed by atoms with van der Waals surface area (Å²) in [6, 6.07) is 3.19. The van der Waals surface area contributed by atoms with Crippen LogP contribution in [0.5, 0.6) is 0 Å². The summed E-state index contributed by atoms with van der Waals surface area (Å²) in [6.07, 6.45) is 3.61. The summed E-state index contributed by atoms with van der Waals surface area (Å²) in [5, 5.41) is 2.87. The van der Waals surface area contributed by atoms with Gasteiger partial charge in [-0.25, -0.2) is 4.79 Å². The quantitative estimate of drug-likeness (QED) is 0.688. The number of thiophene rings is 1. The Morgan fingerprint density at radius 1 is 1.41 bits per heavy atom. The molecule has 1 aromatic rings. The Morgan fingerprint density at radius 2 is 2.18 bits per heavy atom. The first kappa shape index (κ1) is 15.2. The predicted molar refractivity (Wildman–Crippen MR) is 84.0 cm³/mol. The van der Waals surface area contributed by atoms with Gasteiger partial charge in [0, 0.05) is 4.88 Å². The molecule has 1 aliphatic heterocycles. The van der Waals surface area contributed by atoms with E-state index in [-0.39, 0.29) is 24.2 Å². The fraction of sp³-hybridized carbons (Fsp3) is 0.562. The summed E-state index contributed by atoms with van der Waals surface area (Å²) in [5.74, 6) is -0.296. The van der Waals surface area contributed by atoms with Gasteiger partial charge in [0.15, 0.2) is 5.78 Å². The van der Waals surface area contributed by atoms with Crippen LogP contribution in [0.25, 0.3) is 0 Å². The number of carbonyl (C=O) groups is 3. The Bertz CT molecular complexity index is 639. The number of rotatable bonds is 3. The minimum absolute atomic E-state index is 0.113. The van der Waals surface area contributed by atoms with Crippen molar-refractivity contribution in [2.24, 2.45) is 5.92 Å². The number of aryl methyl sites for hydroxylation is 1. The van der Waals surface area contributed by atoms with Crippen LogP contribution in [0, 0.1) is 12.8 Å². The minimum atomic E-state index is -0.791. The van der Waals surface area contributed by atoms with E-state index in [1.165, 1.54) is 11.3 Å². The lowest BCUT2D eigenvalue weighted by atomic mass is 9.73. The SMILES string of the molecule is Cc1ccc(C(=O)CN2C(=O)N[C@]3(CCCC[C@@H]3C)C2=O)s1. The van der Waals surface area contributed by atoms with E-state index in [0.29, 0.717) is 11.3 Å². The van der Waals surface area contributed by atoms with Gasteiger partial charge in [0.1, 0.15) is 5.54 Å². The molecule has 1 aromatic heterocycles. The third-order valence-electron chi connectivity index (χ3n) is 4.82. The Labute approximate surface area is 133 Å². The molecule has 5 nitrogen and oxygen atoms in total. The van der Waals surface area contributed by atoms with Crippen molar-refractivity contribution < 1.29 is 14.4 Å². The van der Waals surface area contributed by atoms with Crippen molar-refractivity contribution in [1.82, 2.24) is 10.2 Å². The lowest BCUT2D eigenvalue weighted by molar-refractivity contribution is -0.133. The molecule has 3 amide bonds. The molecular formula is C16H20N2O3S. The molecule has 1 aliphatic carbocycles. The maximum absolute atomic E-state index is 12.8. The first-order chi connectivity index (χ1) is 10.4. The Morgan fingerprint density at radius 3 is 2.82 bits per heavy atom. The normalized spacial score (nSPS) is 28.3. The van der Waals surface area contributed by atoms with E-state index in [1.807, 2.05) is 19.9 Å². The molecule has 2 atom stereocenters. The van der Waals surface area contributed by atoms with Crippen molar-refractivity contribution in [1.29, 1.82) is 0 Å². The molecule has 1 saturated heterocycles. The molecule has 2 heterocycles. The lowest BCUT2D eigenvalue weighted by Crippen LogP contribution is -2.54. The van der Waals surface area contributed by atoms with Crippen molar-refractivity contribution in [3.8, 4) is 0 Å². The van der Waals surface area contributed by atoms with Gasteiger partial charge in [-0.05, 0) is 37.8 Å². The van der Waals surface area contributed by atoms with Crippen LogP contribution in [0.15, 0.2) is 12.1 Å². The highest BCUT2D eigenvalue weighted by atomic mass is 32.1. The number of amides is 3. The number of urea groups is 1. The van der Waals surface area contributed by atoms with Gasteiger partial charge in [-0.1, -0.05) is 19.8 Å². The largest absolute Gasteiger partial charge is 0.325 e. The molecule has 0 radical (unpaired) electrons. The number of imide groups is 1. The monoisotopic (exact) mass is 320 g/mol. The van der Waals surface area contributed by atoms with Crippen LogP contribution in [-0.4, -0.2) is 34.7 Å². The van der Waals surface area contributed by atoms with E-state index in [9.17, 15) is 14.4 Å². The van der Waals surface area contributed by atoms with E-state index in [1.54, 1.807) is 6.07 Å². The standard InChI is InChI=1S/C16H20N2O3S/c1-10-5-3-4-8-16(10)14(20)18(15(21)17-16)9-12(19)13-7-6-11(2)22-13/h6-7,10H,3-5,8-9H2,1-2H3,(H,17,21)/t10-,16-/m0/s1. The number of carbonyl (C=O) groups excluding carboxylic acids is 3. The number of hydrogen-bond acceptors (Lipinski definition) is 4. The van der Waals surface area contributed by atoms with E-state index < -0.39 is 11.6 Å². The maximum atomic E-state index is 12.8. The Balaban J connectivity index is 1.79. The number of hydrogen-bond donors (Lipinski definition) is 1. The molecule has 1 saturated carbocycles. The van der Waals surface area contributed by atoms with Crippen molar-refractivity contribution in [2.45, 2.75) is 45.1 Å². The van der Waals surface area contributed by atoms with Crippen molar-refractivity contribution >= 4 is 29.1 Å². The second-order valence-corrected chi connectivity index (χ2v) is 7.56. The smallest absolute Gasteiger partial charge is 0.323 e. The van der Waals surface area contributed by atoms with Gasteiger partial charge in [0.2, 0.25) is 0 Å². The minimum Gasteiger partial charge on any atom is -0.323 e. The third-order valence-corrected chi connectivity index (χ3v) is 5.86. The molecule has 0 aromatic carbocycles. The molecule has 0 unspecified atom stereocenters. The highest BCUT2D eigenvalue weighted by Gasteiger charge is 2.55. The average molecular weight is 320 g/mol. The predicted octanol–water partition coefficient (Wildman–Crippen LogP) is 2.74. The van der Waals surface area contributed by atoms with Gasteiger partial charge >= 0.3 is 6.03 Å². The molecule has 1 N–H and O–H groups in total. The number of nitrogens with one attached hydrogen (secondary N) is 1. The van der Waals surface area contributed by atoms with Crippen molar-refractivity contribution in [2.75, 3.05) is 6.54 Å². The molecule has 2 aliphatic rings. The highest BCUT2D eigenvalue weighted by molar-refractivity contribution is 7.14. The van der Waals surface area contributed by atoms with Gasteiger partial charge in [0.25, 0.3) is 5.91 Å². The van der Waals surface area contributed by atoms with Gasteiger partial charge in [-0.15, -0.1) is 11.3 Å². The van der Waals surface area contributed by atoms with Gasteiger partial charge < -0.3 is 5.32 Å². The molecule has 22 heavy (non-hydrogen) atoms. The zero-order valence-corrected chi connectivity index (χ0v) is 13.7. The third kappa shape index (κ3) is 2.35. The zero-order valence-electron chi connectivity index (χ0n) is 12.8. The molecule has 118 valence electrons. The molecule has 1 spiro atoms. The fourth-order valence-electron chi connectivity index (χ4n) is 3.44. The fourth-order valence-corrected chi connectivity index (χ4v) is 4.24. The summed E-state index contributed by atoms with van der Waals surface area (Å²) in [7, 11) is 0. The van der Waals surface area contributed by atoms with Crippen LogP contribution >= 0.6 is 11.3 Å². The molecule has 2 fully saturated rings. The molecular weight excluding hydrogens is 300 g/mol. The van der Waals surface area contributed by atoms with Crippen LogP contribution in [-0.2, 0) is 4.79 Å². The summed E-state index contributed by atoms with van der Waals surface area (Å²) >= 11 is 1.39. The van der Waals surface area contributed by atoms with Crippen LogP contribution < -0.4 is 5.32 Å². The number of nitrogens with zero attached hydrogens (tertiary/aromatic N) is 1. The van der Waals surface area contributed by atoms with Crippen LogP contribution in [0.1, 0.15) is 47.2 Å². The summed E-state index contributed by atoms with van der Waals surface area (Å²) in [5.41, 5.74) is -0.791. The van der Waals surface area contributed by atoms with Gasteiger partial charge in [-0.2, -0.15) is 0 Å². The van der Waals surface area contributed by atoms with E-state index in [2.05, 4.69) is 5.32 Å². The lowest BCUT2D eigenvalue weighted by Gasteiger charge is -2.36. The van der Waals surface area contributed by atoms with E-state index in [4.69, 9.17) is 0 Å². The van der Waals surface area contributed by atoms with Crippen LogP contribution in [0.4, 0.5) is 4.79 Å². The highest BCUT2D eigenvalue weighted by Crippen LogP contribution is 2.38. The molecule has 0 bridgehead atoms. The van der Waals surface area contributed by atoms with Crippen molar-refractivity contribution in [3.05, 3.63) is 21.9 Å². The average Bonchev–Trinajstić information content (AvgIpc) is 3.01. The summed E-state index contributed by atoms with van der Waals surface area (Å²) in [6.45, 7) is 3.76. The number of Topliss-reactive ketones (excluding diaryl/α,β-unsaturated/α-hetero) is 1. The zero-order chi connectivity index (χ0) is 15.9. The van der Waals surface area contributed by atoms with Gasteiger partial charge in [-0.3, -0.25) is 14.5 Å². The van der Waals surface area contributed by atoms with Crippen molar-refractivity contribution in [3.63, 3.8) is 0 Å². The molecule has 3 rings (SSSR count). The Hall–Kier alpha value is -1.69. The second-order valence-electron chi connectivity index (χ2n) is 6.27. The van der Waals surface area contributed by atoms with Crippen LogP contribution in [0.3, 0.4) is 0 Å². The molecule has 6 heteroatoms. The second kappa shape index (κ2) is 5.50. The van der Waals surface area contributed by atoms with Crippen LogP contribution in [0.2, 0.25) is 0 Å². The summed E-state index contributed by atoms with van der Waals surface area (Å²) in [4.78, 5) is 40.0. The first-order valence-electron chi connectivity index (χ1n) is 7.68. The summed E-state index contributed by atoms with van der Waals surface area (Å²) < 4.78 is 0. The Kier molecular flexibility index (Phi) is 3.80. The van der Waals surface area contributed by atoms with E-state index >= 15 is 0 Å². The topological polar surface area (TPSA) is 66.5 Å². The first-order valence-corrected chi connectivity index (χ1v) is 8.49. The maximum Gasteiger partial charge on any atom is 0.325 e. The van der Waals surface area contributed by atoms with Gasteiger partial charge in [0.05, 0.1) is 11.4 Å².